The number of hydrogen-bond acceptors (Lipinski definition) is 3. The largest absolute Gasteiger partial charge is 0.370 e. The van der Waals surface area contributed by atoms with Crippen LogP contribution in [0.25, 0.3) is 0 Å². The number of ether oxygens (including phenoxy) is 1. The fourth-order valence-corrected chi connectivity index (χ4v) is 3.47. The Labute approximate surface area is 125 Å². The Morgan fingerprint density at radius 3 is 2.80 bits per heavy atom. The van der Waals surface area contributed by atoms with Gasteiger partial charge in [-0.3, -0.25) is 9.48 Å². The van der Waals surface area contributed by atoms with Gasteiger partial charge in [-0.25, -0.2) is 0 Å². The molecule has 20 heavy (non-hydrogen) atoms. The maximum atomic E-state index is 12.8. The van der Waals surface area contributed by atoms with E-state index < -0.39 is 5.60 Å². The van der Waals surface area contributed by atoms with Crippen LogP contribution in [-0.4, -0.2) is 28.3 Å². The molecule has 0 radical (unpaired) electrons. The van der Waals surface area contributed by atoms with Crippen molar-refractivity contribution in [2.24, 2.45) is 13.0 Å². The van der Waals surface area contributed by atoms with E-state index in [1.165, 1.54) is 6.42 Å². The Morgan fingerprint density at radius 2 is 2.30 bits per heavy atom. The minimum Gasteiger partial charge on any atom is -0.370 e. The van der Waals surface area contributed by atoms with Crippen LogP contribution in [0.3, 0.4) is 0 Å². The lowest BCUT2D eigenvalue weighted by Crippen LogP contribution is -2.45. The zero-order valence-electron chi connectivity index (χ0n) is 12.7. The molecule has 2 atom stereocenters. The molecule has 5 heteroatoms. The molecule has 2 rings (SSSR count). The van der Waals surface area contributed by atoms with Gasteiger partial charge in [-0.05, 0) is 32.1 Å². The Morgan fingerprint density at radius 1 is 1.60 bits per heavy atom. The number of rotatable bonds is 4. The van der Waals surface area contributed by atoms with Gasteiger partial charge in [0, 0.05) is 14.2 Å². The molecule has 1 aliphatic rings. The summed E-state index contributed by atoms with van der Waals surface area (Å²) in [5.41, 5.74) is 0.906. The molecule has 1 aromatic heterocycles. The Balaban J connectivity index is 2.21. The SMILES string of the molecule is COC1(C(=O)Cc2c(Cl)c(C)nn2C)CCCC(C)C1. The summed E-state index contributed by atoms with van der Waals surface area (Å²) in [6.07, 6.45) is 4.11. The van der Waals surface area contributed by atoms with Crippen molar-refractivity contribution >= 4 is 17.4 Å². The average Bonchev–Trinajstić information content (AvgIpc) is 2.65. The lowest BCUT2D eigenvalue weighted by atomic mass is 9.75. The van der Waals surface area contributed by atoms with E-state index in [1.54, 1.807) is 11.8 Å². The quantitative estimate of drug-likeness (QED) is 0.858. The van der Waals surface area contributed by atoms with Gasteiger partial charge < -0.3 is 4.74 Å². The van der Waals surface area contributed by atoms with Gasteiger partial charge in [0.15, 0.2) is 5.78 Å². The molecule has 1 heterocycles. The number of hydrogen-bond donors (Lipinski definition) is 0. The van der Waals surface area contributed by atoms with Crippen LogP contribution in [0.4, 0.5) is 0 Å². The maximum absolute atomic E-state index is 12.8. The molecule has 1 aliphatic carbocycles. The lowest BCUT2D eigenvalue weighted by molar-refractivity contribution is -0.146. The van der Waals surface area contributed by atoms with Gasteiger partial charge in [0.1, 0.15) is 5.60 Å². The van der Waals surface area contributed by atoms with Crippen LogP contribution in [-0.2, 0) is 23.0 Å². The Bertz CT molecular complexity index is 512. The van der Waals surface area contributed by atoms with Crippen LogP contribution in [0.1, 0.15) is 44.0 Å². The Hall–Kier alpha value is -0.870. The number of halogens is 1. The van der Waals surface area contributed by atoms with Gasteiger partial charge in [-0.2, -0.15) is 5.10 Å². The van der Waals surface area contributed by atoms with Crippen molar-refractivity contribution in [2.75, 3.05) is 7.11 Å². The summed E-state index contributed by atoms with van der Waals surface area (Å²) in [4.78, 5) is 12.8. The van der Waals surface area contributed by atoms with E-state index in [0.717, 1.165) is 30.7 Å². The summed E-state index contributed by atoms with van der Waals surface area (Å²) in [7, 11) is 3.47. The molecular formula is C15H23ClN2O2. The molecule has 112 valence electrons. The number of nitrogens with zero attached hydrogens (tertiary/aromatic N) is 2. The molecule has 1 saturated carbocycles. The van der Waals surface area contributed by atoms with Gasteiger partial charge in [-0.1, -0.05) is 24.9 Å². The highest BCUT2D eigenvalue weighted by atomic mass is 35.5. The van der Waals surface area contributed by atoms with Crippen LogP contribution in [0.15, 0.2) is 0 Å². The van der Waals surface area contributed by atoms with E-state index >= 15 is 0 Å². The monoisotopic (exact) mass is 298 g/mol. The summed E-state index contributed by atoms with van der Waals surface area (Å²) < 4.78 is 7.35. The zero-order valence-corrected chi connectivity index (χ0v) is 13.5. The molecule has 0 N–H and O–H groups in total. The smallest absolute Gasteiger partial charge is 0.170 e. The molecule has 1 fully saturated rings. The van der Waals surface area contributed by atoms with Gasteiger partial charge in [0.25, 0.3) is 0 Å². The summed E-state index contributed by atoms with van der Waals surface area (Å²) in [6, 6.07) is 0. The second-order valence-corrected chi connectivity index (χ2v) is 6.35. The van der Waals surface area contributed by atoms with Crippen LogP contribution < -0.4 is 0 Å². The first-order valence-corrected chi connectivity index (χ1v) is 7.54. The summed E-state index contributed by atoms with van der Waals surface area (Å²) in [5.74, 6) is 0.646. The number of aryl methyl sites for hydroxylation is 2. The number of carbonyl (C=O) groups is 1. The van der Waals surface area contributed by atoms with Crippen LogP contribution in [0, 0.1) is 12.8 Å². The minimum absolute atomic E-state index is 0.122. The van der Waals surface area contributed by atoms with E-state index in [2.05, 4.69) is 12.0 Å². The first-order valence-electron chi connectivity index (χ1n) is 7.16. The standard InChI is InChI=1S/C15H23ClN2O2/c1-10-6-5-7-15(9-10,20-4)13(19)8-12-14(16)11(2)17-18(12)3/h10H,5-9H2,1-4H3. The third-order valence-electron chi connectivity index (χ3n) is 4.44. The topological polar surface area (TPSA) is 44.1 Å². The maximum Gasteiger partial charge on any atom is 0.170 e. The molecule has 4 nitrogen and oxygen atoms in total. The average molecular weight is 299 g/mol. The highest BCUT2D eigenvalue weighted by molar-refractivity contribution is 6.32. The van der Waals surface area contributed by atoms with E-state index in [0.29, 0.717) is 10.9 Å². The third kappa shape index (κ3) is 2.77. The number of aromatic nitrogens is 2. The lowest BCUT2D eigenvalue weighted by Gasteiger charge is -2.37. The van der Waals surface area contributed by atoms with E-state index in [9.17, 15) is 4.79 Å². The van der Waals surface area contributed by atoms with Crippen molar-refractivity contribution in [2.45, 2.75) is 51.6 Å². The summed E-state index contributed by atoms with van der Waals surface area (Å²) in [5, 5.41) is 4.86. The number of carbonyl (C=O) groups excluding carboxylic acids is 1. The summed E-state index contributed by atoms with van der Waals surface area (Å²) in [6.45, 7) is 4.03. The molecule has 0 bridgehead atoms. The van der Waals surface area contributed by atoms with Crippen molar-refractivity contribution < 1.29 is 9.53 Å². The Kier molecular flexibility index (Phi) is 4.55. The number of Topliss-reactive ketones (excluding diaryl/α,β-unsaturated/α-hetero) is 1. The van der Waals surface area contributed by atoms with Crippen molar-refractivity contribution in [3.05, 3.63) is 16.4 Å². The van der Waals surface area contributed by atoms with E-state index in [-0.39, 0.29) is 12.2 Å². The normalized spacial score (nSPS) is 26.8. The minimum atomic E-state index is -0.640. The first kappa shape index (κ1) is 15.5. The van der Waals surface area contributed by atoms with E-state index in [4.69, 9.17) is 16.3 Å². The highest BCUT2D eigenvalue weighted by Gasteiger charge is 2.41. The van der Waals surface area contributed by atoms with Gasteiger partial charge >= 0.3 is 0 Å². The number of methoxy groups -OCH3 is 1. The van der Waals surface area contributed by atoms with Crippen molar-refractivity contribution in [3.63, 3.8) is 0 Å². The fourth-order valence-electron chi connectivity index (χ4n) is 3.24. The predicted octanol–water partition coefficient (Wildman–Crippen LogP) is 3.09. The van der Waals surface area contributed by atoms with Crippen LogP contribution >= 0.6 is 11.6 Å². The van der Waals surface area contributed by atoms with Crippen molar-refractivity contribution in [3.8, 4) is 0 Å². The molecule has 0 spiro atoms. The summed E-state index contributed by atoms with van der Waals surface area (Å²) >= 11 is 6.24. The van der Waals surface area contributed by atoms with Crippen molar-refractivity contribution in [1.29, 1.82) is 0 Å². The zero-order chi connectivity index (χ0) is 14.9. The third-order valence-corrected chi connectivity index (χ3v) is 4.94. The van der Waals surface area contributed by atoms with Gasteiger partial charge in [0.2, 0.25) is 0 Å². The molecule has 0 aliphatic heterocycles. The molecule has 0 amide bonds. The fraction of sp³-hybridized carbons (Fsp3) is 0.733. The van der Waals surface area contributed by atoms with Crippen molar-refractivity contribution in [1.82, 2.24) is 9.78 Å². The van der Waals surface area contributed by atoms with Crippen LogP contribution in [0.5, 0.6) is 0 Å². The van der Waals surface area contributed by atoms with E-state index in [1.807, 2.05) is 14.0 Å². The van der Waals surface area contributed by atoms with Crippen LogP contribution in [0.2, 0.25) is 5.02 Å². The predicted molar refractivity (Wildman–Crippen MR) is 79.0 cm³/mol. The second-order valence-electron chi connectivity index (χ2n) is 5.97. The molecule has 0 saturated heterocycles. The molecule has 2 unspecified atom stereocenters. The first-order chi connectivity index (χ1) is 9.39. The molecular weight excluding hydrogens is 276 g/mol. The molecule has 1 aromatic rings. The molecule has 0 aromatic carbocycles. The highest BCUT2D eigenvalue weighted by Crippen LogP contribution is 2.36. The van der Waals surface area contributed by atoms with Gasteiger partial charge in [0.05, 0.1) is 22.8 Å². The van der Waals surface area contributed by atoms with Gasteiger partial charge in [-0.15, -0.1) is 0 Å². The second kappa shape index (κ2) is 5.86. The number of ketones is 1.